The first-order chi connectivity index (χ1) is 5.84. The summed E-state index contributed by atoms with van der Waals surface area (Å²) in [7, 11) is 0. The molecule has 12 heavy (non-hydrogen) atoms. The fraction of sp³-hybridized carbons (Fsp3) is 0.750. The van der Waals surface area contributed by atoms with E-state index in [-0.39, 0.29) is 0 Å². The van der Waals surface area contributed by atoms with Gasteiger partial charge in [-0.05, 0) is 5.92 Å². The summed E-state index contributed by atoms with van der Waals surface area (Å²) < 4.78 is 0. The fourth-order valence-electron chi connectivity index (χ4n) is 1.89. The summed E-state index contributed by atoms with van der Waals surface area (Å²) in [5, 5.41) is 6.65. The molecule has 0 aromatic carbocycles. The van der Waals surface area contributed by atoms with Gasteiger partial charge in [-0.1, -0.05) is 25.7 Å². The van der Waals surface area contributed by atoms with Gasteiger partial charge in [-0.3, -0.25) is 5.10 Å². The minimum atomic E-state index is 0.364. The van der Waals surface area contributed by atoms with E-state index in [9.17, 15) is 0 Å². The lowest BCUT2D eigenvalue weighted by Gasteiger charge is -2.03. The van der Waals surface area contributed by atoms with Gasteiger partial charge < -0.3 is 5.73 Å². The lowest BCUT2D eigenvalue weighted by atomic mass is 10.0. The van der Waals surface area contributed by atoms with Gasteiger partial charge in [-0.15, -0.1) is 5.10 Å². The first-order valence-corrected chi connectivity index (χ1v) is 4.51. The Morgan fingerprint density at radius 2 is 2.17 bits per heavy atom. The molecule has 0 radical (unpaired) electrons. The second-order valence-corrected chi connectivity index (χ2v) is 3.49. The lowest BCUT2D eigenvalue weighted by Crippen LogP contribution is -2.00. The SMILES string of the molecule is Nc1n[nH]c(CC2CCCC2)n1. The van der Waals surface area contributed by atoms with Crippen LogP contribution >= 0.6 is 0 Å². The number of hydrogen-bond acceptors (Lipinski definition) is 3. The van der Waals surface area contributed by atoms with Gasteiger partial charge >= 0.3 is 0 Å². The molecule has 1 aliphatic carbocycles. The number of H-pyrrole nitrogens is 1. The van der Waals surface area contributed by atoms with E-state index >= 15 is 0 Å². The van der Waals surface area contributed by atoms with Crippen LogP contribution in [0.15, 0.2) is 0 Å². The Morgan fingerprint density at radius 3 is 2.75 bits per heavy atom. The van der Waals surface area contributed by atoms with Crippen molar-refractivity contribution >= 4 is 5.95 Å². The molecule has 66 valence electrons. The molecule has 1 aromatic rings. The van der Waals surface area contributed by atoms with Gasteiger partial charge in [-0.25, -0.2) is 0 Å². The van der Waals surface area contributed by atoms with E-state index in [4.69, 9.17) is 5.73 Å². The first-order valence-electron chi connectivity index (χ1n) is 4.51. The molecule has 0 amide bonds. The van der Waals surface area contributed by atoms with Crippen LogP contribution in [0.25, 0.3) is 0 Å². The molecule has 1 aliphatic rings. The van der Waals surface area contributed by atoms with Gasteiger partial charge in [-0.2, -0.15) is 4.98 Å². The molecule has 0 spiro atoms. The van der Waals surface area contributed by atoms with Crippen LogP contribution in [0.1, 0.15) is 31.5 Å². The molecule has 0 atom stereocenters. The highest BCUT2D eigenvalue weighted by Gasteiger charge is 2.16. The molecule has 1 aromatic heterocycles. The molecule has 0 aliphatic heterocycles. The number of hydrogen-bond donors (Lipinski definition) is 2. The van der Waals surface area contributed by atoms with Crippen molar-refractivity contribution in [2.45, 2.75) is 32.1 Å². The second-order valence-electron chi connectivity index (χ2n) is 3.49. The third kappa shape index (κ3) is 1.57. The molecular weight excluding hydrogens is 152 g/mol. The summed E-state index contributed by atoms with van der Waals surface area (Å²) in [6, 6.07) is 0. The van der Waals surface area contributed by atoms with Crippen LogP contribution in [0.3, 0.4) is 0 Å². The summed E-state index contributed by atoms with van der Waals surface area (Å²) in [5.74, 6) is 2.11. The number of nitrogen functional groups attached to an aromatic ring is 1. The molecule has 1 saturated carbocycles. The summed E-state index contributed by atoms with van der Waals surface area (Å²) in [5.41, 5.74) is 5.40. The molecule has 0 unspecified atom stereocenters. The van der Waals surface area contributed by atoms with Crippen molar-refractivity contribution in [3.05, 3.63) is 5.82 Å². The van der Waals surface area contributed by atoms with E-state index in [2.05, 4.69) is 15.2 Å². The average molecular weight is 166 g/mol. The summed E-state index contributed by atoms with van der Waals surface area (Å²) in [4.78, 5) is 4.09. The molecule has 0 saturated heterocycles. The Balaban J connectivity index is 1.94. The van der Waals surface area contributed by atoms with E-state index in [0.717, 1.165) is 18.2 Å². The monoisotopic (exact) mass is 166 g/mol. The first kappa shape index (κ1) is 7.58. The van der Waals surface area contributed by atoms with Crippen LogP contribution < -0.4 is 5.73 Å². The maximum Gasteiger partial charge on any atom is 0.239 e. The zero-order chi connectivity index (χ0) is 8.39. The minimum absolute atomic E-state index is 0.364. The molecule has 4 nitrogen and oxygen atoms in total. The van der Waals surface area contributed by atoms with Gasteiger partial charge in [0.2, 0.25) is 5.95 Å². The molecule has 3 N–H and O–H groups in total. The van der Waals surface area contributed by atoms with Crippen molar-refractivity contribution < 1.29 is 0 Å². The summed E-state index contributed by atoms with van der Waals surface area (Å²) >= 11 is 0. The zero-order valence-corrected chi connectivity index (χ0v) is 7.08. The van der Waals surface area contributed by atoms with Gasteiger partial charge in [0.15, 0.2) is 0 Å². The number of rotatable bonds is 2. The predicted molar refractivity (Wildman–Crippen MR) is 46.5 cm³/mol. The number of nitrogens with one attached hydrogen (secondary N) is 1. The number of anilines is 1. The minimum Gasteiger partial charge on any atom is -0.367 e. The molecule has 0 bridgehead atoms. The highest BCUT2D eigenvalue weighted by Crippen LogP contribution is 2.26. The Bertz CT molecular complexity index is 249. The van der Waals surface area contributed by atoms with Crippen molar-refractivity contribution in [2.75, 3.05) is 5.73 Å². The van der Waals surface area contributed by atoms with Crippen LogP contribution in [-0.2, 0) is 6.42 Å². The number of aromatic amines is 1. The quantitative estimate of drug-likeness (QED) is 0.691. The largest absolute Gasteiger partial charge is 0.367 e. The van der Waals surface area contributed by atoms with Crippen LogP contribution in [-0.4, -0.2) is 15.2 Å². The van der Waals surface area contributed by atoms with Crippen LogP contribution in [0, 0.1) is 5.92 Å². The summed E-state index contributed by atoms with van der Waals surface area (Å²) in [6.45, 7) is 0. The van der Waals surface area contributed by atoms with Gasteiger partial charge in [0.05, 0.1) is 0 Å². The van der Waals surface area contributed by atoms with Crippen LogP contribution in [0.4, 0.5) is 5.95 Å². The average Bonchev–Trinajstić information content (AvgIpc) is 2.63. The standard InChI is InChI=1S/C8H14N4/c9-8-10-7(11-12-8)5-6-3-1-2-4-6/h6H,1-5H2,(H3,9,10,11,12). The maximum atomic E-state index is 5.40. The summed E-state index contributed by atoms with van der Waals surface area (Å²) in [6.07, 6.45) is 6.42. The van der Waals surface area contributed by atoms with Crippen molar-refractivity contribution in [2.24, 2.45) is 5.92 Å². The van der Waals surface area contributed by atoms with E-state index in [0.29, 0.717) is 5.95 Å². The van der Waals surface area contributed by atoms with E-state index in [1.165, 1.54) is 25.7 Å². The number of nitrogens with two attached hydrogens (primary N) is 1. The molecule has 1 fully saturated rings. The van der Waals surface area contributed by atoms with Crippen molar-refractivity contribution in [3.8, 4) is 0 Å². The zero-order valence-electron chi connectivity index (χ0n) is 7.08. The van der Waals surface area contributed by atoms with Gasteiger partial charge in [0.1, 0.15) is 5.82 Å². The fourth-order valence-corrected chi connectivity index (χ4v) is 1.89. The topological polar surface area (TPSA) is 67.6 Å². The van der Waals surface area contributed by atoms with Crippen molar-refractivity contribution in [1.29, 1.82) is 0 Å². The lowest BCUT2D eigenvalue weighted by molar-refractivity contribution is 0.531. The Kier molecular flexibility index (Phi) is 1.98. The Labute approximate surface area is 71.6 Å². The van der Waals surface area contributed by atoms with Crippen molar-refractivity contribution in [3.63, 3.8) is 0 Å². The van der Waals surface area contributed by atoms with Gasteiger partial charge in [0, 0.05) is 6.42 Å². The molecule has 2 rings (SSSR count). The van der Waals surface area contributed by atoms with E-state index in [1.807, 2.05) is 0 Å². The predicted octanol–water partition coefficient (Wildman–Crippen LogP) is 1.12. The number of aromatic nitrogens is 3. The maximum absolute atomic E-state index is 5.40. The highest BCUT2D eigenvalue weighted by atomic mass is 15.3. The smallest absolute Gasteiger partial charge is 0.239 e. The molecule has 1 heterocycles. The van der Waals surface area contributed by atoms with Gasteiger partial charge in [0.25, 0.3) is 0 Å². The Morgan fingerprint density at radius 1 is 1.42 bits per heavy atom. The van der Waals surface area contributed by atoms with E-state index < -0.39 is 0 Å². The second kappa shape index (κ2) is 3.13. The number of nitrogens with zero attached hydrogens (tertiary/aromatic N) is 2. The van der Waals surface area contributed by atoms with Crippen molar-refractivity contribution in [1.82, 2.24) is 15.2 Å². The van der Waals surface area contributed by atoms with Crippen LogP contribution in [0.2, 0.25) is 0 Å². The van der Waals surface area contributed by atoms with E-state index in [1.54, 1.807) is 0 Å². The molecule has 4 heteroatoms. The third-order valence-electron chi connectivity index (χ3n) is 2.51. The van der Waals surface area contributed by atoms with Crippen LogP contribution in [0.5, 0.6) is 0 Å². The third-order valence-corrected chi connectivity index (χ3v) is 2.51. The molecular formula is C8H14N4. The normalized spacial score (nSPS) is 18.7. The highest BCUT2D eigenvalue weighted by molar-refractivity contribution is 5.12. The Hall–Kier alpha value is -1.06.